The van der Waals surface area contributed by atoms with E-state index in [1.54, 1.807) is 6.07 Å². The van der Waals surface area contributed by atoms with Gasteiger partial charge in [0.15, 0.2) is 0 Å². The molecule has 5 heteroatoms. The highest BCUT2D eigenvalue weighted by atomic mass is 35.5. The second-order valence-electron chi connectivity index (χ2n) is 5.42. The number of benzene rings is 1. The zero-order valence-corrected chi connectivity index (χ0v) is 13.9. The number of piperidine rings is 1. The predicted molar refractivity (Wildman–Crippen MR) is 89.2 cm³/mol. The second-order valence-corrected chi connectivity index (χ2v) is 6.21. The summed E-state index contributed by atoms with van der Waals surface area (Å²) in [6.07, 6.45) is 5.02. The minimum absolute atomic E-state index is 0.229. The van der Waals surface area contributed by atoms with Crippen LogP contribution < -0.4 is 5.32 Å². The van der Waals surface area contributed by atoms with E-state index in [-0.39, 0.29) is 5.91 Å². The van der Waals surface area contributed by atoms with Crippen LogP contribution in [0, 0.1) is 0 Å². The Morgan fingerprint density at radius 2 is 2.19 bits per heavy atom. The van der Waals surface area contributed by atoms with Crippen LogP contribution in [-0.4, -0.2) is 29.9 Å². The van der Waals surface area contributed by atoms with Gasteiger partial charge in [0.2, 0.25) is 5.91 Å². The van der Waals surface area contributed by atoms with Crippen LogP contribution in [0.4, 0.5) is 5.69 Å². The lowest BCUT2D eigenvalue weighted by Crippen LogP contribution is -2.43. The van der Waals surface area contributed by atoms with E-state index < -0.39 is 0 Å². The quantitative estimate of drug-likeness (QED) is 0.857. The van der Waals surface area contributed by atoms with E-state index in [4.69, 9.17) is 23.2 Å². The summed E-state index contributed by atoms with van der Waals surface area (Å²) < 4.78 is 0. The molecule has 1 aliphatic heterocycles. The van der Waals surface area contributed by atoms with Crippen molar-refractivity contribution >= 4 is 34.8 Å². The Bertz CT molecular complexity index is 493. The summed E-state index contributed by atoms with van der Waals surface area (Å²) in [5.41, 5.74) is 0.780. The lowest BCUT2D eigenvalue weighted by Gasteiger charge is -2.35. The molecule has 1 amide bonds. The lowest BCUT2D eigenvalue weighted by atomic mass is 9.99. The van der Waals surface area contributed by atoms with Gasteiger partial charge < -0.3 is 10.2 Å². The number of rotatable bonds is 5. The molecule has 1 atom stereocenters. The van der Waals surface area contributed by atoms with Crippen LogP contribution in [0.3, 0.4) is 0 Å². The van der Waals surface area contributed by atoms with Crippen LogP contribution >= 0.6 is 23.2 Å². The molecule has 0 bridgehead atoms. The lowest BCUT2D eigenvalue weighted by molar-refractivity contribution is -0.134. The van der Waals surface area contributed by atoms with Gasteiger partial charge in [0.05, 0.1) is 15.7 Å². The maximum atomic E-state index is 12.3. The fraction of sp³-hybridized carbons (Fsp3) is 0.562. The molecule has 1 fully saturated rings. The molecule has 0 aromatic heterocycles. The summed E-state index contributed by atoms with van der Waals surface area (Å²) in [7, 11) is 0. The van der Waals surface area contributed by atoms with Crippen LogP contribution in [0.5, 0.6) is 0 Å². The van der Waals surface area contributed by atoms with Gasteiger partial charge in [-0.25, -0.2) is 0 Å². The first-order chi connectivity index (χ1) is 10.1. The molecule has 21 heavy (non-hydrogen) atoms. The first kappa shape index (κ1) is 16.4. The number of likely N-dealkylation sites (tertiary alicyclic amines) is 1. The molecule has 0 aliphatic carbocycles. The highest BCUT2D eigenvalue weighted by Gasteiger charge is 2.24. The predicted octanol–water partition coefficient (Wildman–Crippen LogP) is 4.59. The van der Waals surface area contributed by atoms with E-state index >= 15 is 0 Å². The molecule has 1 aliphatic rings. The molecule has 116 valence electrons. The Kier molecular flexibility index (Phi) is 6.19. The van der Waals surface area contributed by atoms with Gasteiger partial charge in [-0.15, -0.1) is 0 Å². The molecule has 3 nitrogen and oxygen atoms in total. The number of anilines is 1. The second kappa shape index (κ2) is 7.90. The van der Waals surface area contributed by atoms with Crippen molar-refractivity contribution < 1.29 is 4.79 Å². The molecule has 0 radical (unpaired) electrons. The van der Waals surface area contributed by atoms with Crippen LogP contribution in [0.25, 0.3) is 0 Å². The van der Waals surface area contributed by atoms with Gasteiger partial charge in [-0.1, -0.05) is 36.2 Å². The monoisotopic (exact) mass is 328 g/mol. The number of amides is 1. The molecular formula is C16H22Cl2N2O. The van der Waals surface area contributed by atoms with Crippen LogP contribution in [-0.2, 0) is 4.79 Å². The third-order valence-electron chi connectivity index (χ3n) is 4.02. The summed E-state index contributed by atoms with van der Waals surface area (Å²) in [5.74, 6) is 0.229. The largest absolute Gasteiger partial charge is 0.383 e. The molecule has 0 saturated carbocycles. The van der Waals surface area contributed by atoms with Crippen molar-refractivity contribution in [1.82, 2.24) is 4.90 Å². The van der Waals surface area contributed by atoms with E-state index in [0.29, 0.717) is 29.1 Å². The van der Waals surface area contributed by atoms with Crippen molar-refractivity contribution in [1.29, 1.82) is 0 Å². The Morgan fingerprint density at radius 1 is 1.38 bits per heavy atom. The van der Waals surface area contributed by atoms with E-state index in [1.165, 1.54) is 6.42 Å². The van der Waals surface area contributed by atoms with E-state index in [0.717, 1.165) is 31.5 Å². The zero-order valence-electron chi connectivity index (χ0n) is 12.4. The Balaban J connectivity index is 1.85. The number of nitrogens with one attached hydrogen (secondary N) is 1. The van der Waals surface area contributed by atoms with Gasteiger partial charge in [-0.2, -0.15) is 0 Å². The Labute approximate surface area is 136 Å². The van der Waals surface area contributed by atoms with Crippen LogP contribution in [0.2, 0.25) is 10.0 Å². The normalized spacial score (nSPS) is 18.6. The minimum atomic E-state index is 0.229. The number of nitrogens with zero attached hydrogens (tertiary/aromatic N) is 1. The first-order valence-corrected chi connectivity index (χ1v) is 8.36. The molecule has 0 spiro atoms. The molecule has 1 aromatic carbocycles. The molecular weight excluding hydrogens is 307 g/mol. The Morgan fingerprint density at radius 3 is 2.95 bits per heavy atom. The van der Waals surface area contributed by atoms with Gasteiger partial charge in [-0.05, 0) is 37.8 Å². The fourth-order valence-corrected chi connectivity index (χ4v) is 3.21. The SMILES string of the molecule is CCC1CCCCN1C(=O)CCNc1cccc(Cl)c1Cl. The third-order valence-corrected chi connectivity index (χ3v) is 4.84. The molecule has 1 unspecified atom stereocenters. The topological polar surface area (TPSA) is 32.3 Å². The van der Waals surface area contributed by atoms with Crippen LogP contribution in [0.1, 0.15) is 39.0 Å². The number of hydrogen-bond donors (Lipinski definition) is 1. The van der Waals surface area contributed by atoms with Gasteiger partial charge >= 0.3 is 0 Å². The molecule has 1 aromatic rings. The Hall–Kier alpha value is -0.930. The zero-order chi connectivity index (χ0) is 15.2. The molecule has 1 saturated heterocycles. The summed E-state index contributed by atoms with van der Waals surface area (Å²) in [6.45, 7) is 3.63. The molecule has 1 N–H and O–H groups in total. The number of hydrogen-bond acceptors (Lipinski definition) is 2. The summed E-state index contributed by atoms with van der Waals surface area (Å²) in [6, 6.07) is 5.88. The van der Waals surface area contributed by atoms with Crippen molar-refractivity contribution in [3.63, 3.8) is 0 Å². The average Bonchev–Trinajstić information content (AvgIpc) is 2.51. The summed E-state index contributed by atoms with van der Waals surface area (Å²) >= 11 is 12.1. The number of carbonyl (C=O) groups excluding carboxylic acids is 1. The van der Waals surface area contributed by atoms with Crippen LogP contribution in [0.15, 0.2) is 18.2 Å². The first-order valence-electron chi connectivity index (χ1n) is 7.60. The van der Waals surface area contributed by atoms with E-state index in [2.05, 4.69) is 12.2 Å². The van der Waals surface area contributed by atoms with Gasteiger partial charge in [0.1, 0.15) is 0 Å². The number of halogens is 2. The van der Waals surface area contributed by atoms with Gasteiger partial charge in [0.25, 0.3) is 0 Å². The maximum Gasteiger partial charge on any atom is 0.224 e. The maximum absolute atomic E-state index is 12.3. The summed E-state index contributed by atoms with van der Waals surface area (Å²) in [4.78, 5) is 14.4. The highest BCUT2D eigenvalue weighted by molar-refractivity contribution is 6.43. The van der Waals surface area contributed by atoms with E-state index in [1.807, 2.05) is 17.0 Å². The minimum Gasteiger partial charge on any atom is -0.383 e. The van der Waals surface area contributed by atoms with Crippen molar-refractivity contribution in [3.05, 3.63) is 28.2 Å². The van der Waals surface area contributed by atoms with Gasteiger partial charge in [0, 0.05) is 25.6 Å². The average molecular weight is 329 g/mol. The smallest absolute Gasteiger partial charge is 0.224 e. The van der Waals surface area contributed by atoms with Crippen molar-refractivity contribution in [2.45, 2.75) is 45.1 Å². The fourth-order valence-electron chi connectivity index (χ4n) is 2.84. The van der Waals surface area contributed by atoms with Crippen molar-refractivity contribution in [2.24, 2.45) is 0 Å². The number of carbonyl (C=O) groups is 1. The van der Waals surface area contributed by atoms with Crippen molar-refractivity contribution in [3.8, 4) is 0 Å². The standard InChI is InChI=1S/C16H22Cl2N2O/c1-2-12-6-3-4-11-20(12)15(21)9-10-19-14-8-5-7-13(17)16(14)18/h5,7-8,12,19H,2-4,6,9-11H2,1H3. The highest BCUT2D eigenvalue weighted by Crippen LogP contribution is 2.29. The summed E-state index contributed by atoms with van der Waals surface area (Å²) in [5, 5.41) is 4.23. The molecule has 2 rings (SSSR count). The van der Waals surface area contributed by atoms with E-state index in [9.17, 15) is 4.79 Å². The van der Waals surface area contributed by atoms with Gasteiger partial charge in [-0.3, -0.25) is 4.79 Å². The molecule has 1 heterocycles. The van der Waals surface area contributed by atoms with Crippen molar-refractivity contribution in [2.75, 3.05) is 18.4 Å². The third kappa shape index (κ3) is 4.27.